The maximum atomic E-state index is 12.4. The van der Waals surface area contributed by atoms with Gasteiger partial charge in [-0.1, -0.05) is 6.92 Å². The number of Topliss-reactive ketones (excluding diaryl/α,β-unsaturated/α-hetero) is 2. The first-order valence-electron chi connectivity index (χ1n) is 6.79. The molecule has 1 saturated heterocycles. The SMILES string of the molecule is CC(=O)C1(CC(=O)[C@@H]2CC(C)CN2C([O-])=CN)CC1. The van der Waals surface area contributed by atoms with Gasteiger partial charge in [0.1, 0.15) is 5.78 Å². The molecule has 1 aliphatic carbocycles. The number of nitrogens with two attached hydrogens (primary N) is 1. The highest BCUT2D eigenvalue weighted by Crippen LogP contribution is 2.50. The highest BCUT2D eigenvalue weighted by atomic mass is 16.3. The quantitative estimate of drug-likeness (QED) is 0.715. The Morgan fingerprint density at radius 2 is 2.11 bits per heavy atom. The summed E-state index contributed by atoms with van der Waals surface area (Å²) in [5.41, 5.74) is 4.84. The first-order chi connectivity index (χ1) is 8.89. The smallest absolute Gasteiger partial charge is 0.156 e. The Balaban J connectivity index is 2.07. The fourth-order valence-electron chi connectivity index (χ4n) is 2.95. The molecule has 0 bridgehead atoms. The molecule has 1 saturated carbocycles. The van der Waals surface area contributed by atoms with Gasteiger partial charge in [-0.05, 0) is 38.0 Å². The molecule has 0 amide bonds. The van der Waals surface area contributed by atoms with Gasteiger partial charge < -0.3 is 15.7 Å². The molecule has 0 aromatic carbocycles. The van der Waals surface area contributed by atoms with Gasteiger partial charge in [0.05, 0.1) is 6.04 Å². The standard InChI is InChI=1S/C14H22N2O3/c1-9-5-11(16(8-9)13(19)7-15)12(18)6-14(3-4-14)10(2)17/h7,9,11,19H,3-6,8,15H2,1-2H3/p-1/t9?,11-/m0/s1. The van der Waals surface area contributed by atoms with Gasteiger partial charge in [0.25, 0.3) is 0 Å². The molecule has 5 nitrogen and oxygen atoms in total. The Hall–Kier alpha value is -1.52. The van der Waals surface area contributed by atoms with E-state index in [1.54, 1.807) is 11.8 Å². The van der Waals surface area contributed by atoms with Crippen LogP contribution < -0.4 is 10.8 Å². The molecular formula is C14H21N2O3-. The van der Waals surface area contributed by atoms with E-state index in [0.717, 1.165) is 19.0 Å². The Kier molecular flexibility index (Phi) is 3.56. The van der Waals surface area contributed by atoms with E-state index in [0.29, 0.717) is 18.9 Å². The molecule has 2 aliphatic rings. The fraction of sp³-hybridized carbons (Fsp3) is 0.714. The predicted molar refractivity (Wildman–Crippen MR) is 68.5 cm³/mol. The van der Waals surface area contributed by atoms with Gasteiger partial charge in [-0.25, -0.2) is 0 Å². The van der Waals surface area contributed by atoms with Crippen LogP contribution in [0.25, 0.3) is 0 Å². The fourth-order valence-corrected chi connectivity index (χ4v) is 2.95. The second kappa shape index (κ2) is 4.87. The predicted octanol–water partition coefficient (Wildman–Crippen LogP) is 0.143. The van der Waals surface area contributed by atoms with Gasteiger partial charge in [-0.3, -0.25) is 9.59 Å². The summed E-state index contributed by atoms with van der Waals surface area (Å²) >= 11 is 0. The van der Waals surface area contributed by atoms with Crippen molar-refractivity contribution in [1.82, 2.24) is 4.90 Å². The molecule has 0 aromatic rings. The van der Waals surface area contributed by atoms with E-state index < -0.39 is 11.5 Å². The van der Waals surface area contributed by atoms with Crippen molar-refractivity contribution >= 4 is 11.6 Å². The van der Waals surface area contributed by atoms with Crippen LogP contribution in [0.1, 0.15) is 39.5 Å². The summed E-state index contributed by atoms with van der Waals surface area (Å²) < 4.78 is 0. The van der Waals surface area contributed by atoms with Crippen LogP contribution in [0.2, 0.25) is 0 Å². The summed E-state index contributed by atoms with van der Waals surface area (Å²) in [7, 11) is 0. The minimum atomic E-state index is -0.427. The Morgan fingerprint density at radius 1 is 1.47 bits per heavy atom. The zero-order valence-electron chi connectivity index (χ0n) is 11.5. The van der Waals surface area contributed by atoms with Crippen LogP contribution in [0.5, 0.6) is 0 Å². The van der Waals surface area contributed by atoms with Crippen LogP contribution in [0.3, 0.4) is 0 Å². The summed E-state index contributed by atoms with van der Waals surface area (Å²) in [6, 6.07) is -0.404. The average Bonchev–Trinajstić information content (AvgIpc) is 3.03. The Labute approximate surface area is 113 Å². The number of carbonyl (C=O) groups is 2. The van der Waals surface area contributed by atoms with Crippen molar-refractivity contribution in [2.75, 3.05) is 6.54 Å². The second-order valence-electron chi connectivity index (χ2n) is 5.99. The van der Waals surface area contributed by atoms with Gasteiger partial charge in [-0.2, -0.15) is 0 Å². The van der Waals surface area contributed by atoms with Gasteiger partial charge in [-0.15, -0.1) is 0 Å². The van der Waals surface area contributed by atoms with Crippen molar-refractivity contribution < 1.29 is 14.7 Å². The van der Waals surface area contributed by atoms with Crippen molar-refractivity contribution in [3.63, 3.8) is 0 Å². The number of likely N-dealkylation sites (tertiary alicyclic amines) is 1. The molecule has 0 radical (unpaired) electrons. The molecule has 1 unspecified atom stereocenters. The third-order valence-electron chi connectivity index (χ3n) is 4.42. The Bertz CT molecular complexity index is 426. The van der Waals surface area contributed by atoms with Crippen molar-refractivity contribution in [2.45, 2.75) is 45.6 Å². The lowest BCUT2D eigenvalue weighted by Gasteiger charge is -2.32. The Morgan fingerprint density at radius 3 is 2.58 bits per heavy atom. The highest BCUT2D eigenvalue weighted by molar-refractivity contribution is 5.94. The maximum Gasteiger partial charge on any atom is 0.156 e. The van der Waals surface area contributed by atoms with E-state index in [2.05, 4.69) is 0 Å². The molecule has 1 heterocycles. The number of hydrogen-bond donors (Lipinski definition) is 1. The third-order valence-corrected chi connectivity index (χ3v) is 4.42. The van der Waals surface area contributed by atoms with Crippen LogP contribution in [0, 0.1) is 11.3 Å². The van der Waals surface area contributed by atoms with Crippen LogP contribution in [0.15, 0.2) is 12.1 Å². The lowest BCUT2D eigenvalue weighted by atomic mass is 9.91. The summed E-state index contributed by atoms with van der Waals surface area (Å²) in [4.78, 5) is 25.5. The number of nitrogens with zero attached hydrogens (tertiary/aromatic N) is 1. The van der Waals surface area contributed by atoms with E-state index >= 15 is 0 Å². The first-order valence-corrected chi connectivity index (χ1v) is 6.79. The van der Waals surface area contributed by atoms with E-state index in [1.165, 1.54) is 0 Å². The van der Waals surface area contributed by atoms with Crippen LogP contribution in [-0.4, -0.2) is 29.1 Å². The van der Waals surface area contributed by atoms with Gasteiger partial charge in [0.2, 0.25) is 0 Å². The monoisotopic (exact) mass is 265 g/mol. The second-order valence-corrected chi connectivity index (χ2v) is 5.99. The highest BCUT2D eigenvalue weighted by Gasteiger charge is 2.50. The van der Waals surface area contributed by atoms with E-state index in [1.807, 2.05) is 6.92 Å². The van der Waals surface area contributed by atoms with Crippen molar-refractivity contribution in [3.8, 4) is 0 Å². The minimum absolute atomic E-state index is 0.00671. The third kappa shape index (κ3) is 2.60. The first kappa shape index (κ1) is 13.9. The normalized spacial score (nSPS) is 29.4. The molecule has 19 heavy (non-hydrogen) atoms. The van der Waals surface area contributed by atoms with Crippen LogP contribution in [0.4, 0.5) is 0 Å². The summed E-state index contributed by atoms with van der Waals surface area (Å²) in [5.74, 6) is 0.100. The van der Waals surface area contributed by atoms with E-state index in [4.69, 9.17) is 5.73 Å². The van der Waals surface area contributed by atoms with Gasteiger partial charge in [0, 0.05) is 24.6 Å². The molecule has 0 spiro atoms. The maximum absolute atomic E-state index is 12.4. The van der Waals surface area contributed by atoms with Crippen LogP contribution >= 0.6 is 0 Å². The zero-order valence-corrected chi connectivity index (χ0v) is 11.5. The molecule has 0 aromatic heterocycles. The molecule has 2 rings (SSSR count). The molecule has 106 valence electrons. The number of rotatable bonds is 5. The van der Waals surface area contributed by atoms with E-state index in [-0.39, 0.29) is 23.9 Å². The molecular weight excluding hydrogens is 244 g/mol. The summed E-state index contributed by atoms with van der Waals surface area (Å²) in [6.45, 7) is 4.13. The lowest BCUT2D eigenvalue weighted by Crippen LogP contribution is -2.41. The molecule has 2 N–H and O–H groups in total. The molecule has 2 atom stereocenters. The lowest BCUT2D eigenvalue weighted by molar-refractivity contribution is -0.333. The number of ketones is 2. The van der Waals surface area contributed by atoms with Crippen molar-refractivity contribution in [2.24, 2.45) is 17.1 Å². The topological polar surface area (TPSA) is 86.5 Å². The summed E-state index contributed by atoms with van der Waals surface area (Å²) in [6.07, 6.45) is 3.55. The summed E-state index contributed by atoms with van der Waals surface area (Å²) in [5, 5.41) is 11.7. The van der Waals surface area contributed by atoms with Crippen molar-refractivity contribution in [1.29, 1.82) is 0 Å². The van der Waals surface area contributed by atoms with Crippen LogP contribution in [-0.2, 0) is 9.59 Å². The minimum Gasteiger partial charge on any atom is -0.859 e. The zero-order chi connectivity index (χ0) is 14.2. The molecule has 1 aliphatic heterocycles. The van der Waals surface area contributed by atoms with Crippen molar-refractivity contribution in [3.05, 3.63) is 12.1 Å². The number of carbonyl (C=O) groups excluding carboxylic acids is 2. The molecule has 2 fully saturated rings. The van der Waals surface area contributed by atoms with Gasteiger partial charge in [0.15, 0.2) is 5.78 Å². The van der Waals surface area contributed by atoms with E-state index in [9.17, 15) is 14.7 Å². The van der Waals surface area contributed by atoms with Gasteiger partial charge >= 0.3 is 0 Å². The number of hydrogen-bond acceptors (Lipinski definition) is 5. The average molecular weight is 265 g/mol. The molecule has 5 heteroatoms. The largest absolute Gasteiger partial charge is 0.859 e.